The third kappa shape index (κ3) is 4.09. The molecule has 0 spiro atoms. The summed E-state index contributed by atoms with van der Waals surface area (Å²) in [6.07, 6.45) is 3.89. The fourth-order valence-electron chi connectivity index (χ4n) is 4.09. The number of nitrogens with zero attached hydrogens (tertiary/aromatic N) is 6. The van der Waals surface area contributed by atoms with Crippen molar-refractivity contribution < 1.29 is 4.79 Å². The maximum atomic E-state index is 12.7. The van der Waals surface area contributed by atoms with Crippen LogP contribution in [0.1, 0.15) is 17.7 Å². The SMILES string of the molecule is O=C1CC(Cn2cc(Cn3cnc4ccccc4c3=O)nn2)CN1Cc1ccccc1. The van der Waals surface area contributed by atoms with E-state index in [1.54, 1.807) is 17.1 Å². The average Bonchev–Trinajstić information content (AvgIpc) is 3.37. The summed E-state index contributed by atoms with van der Waals surface area (Å²) in [6, 6.07) is 17.3. The molecule has 8 nitrogen and oxygen atoms in total. The van der Waals surface area contributed by atoms with Crippen LogP contribution in [0.2, 0.25) is 0 Å². The molecule has 1 unspecified atom stereocenters. The molecular weight excluding hydrogens is 392 g/mol. The van der Waals surface area contributed by atoms with E-state index < -0.39 is 0 Å². The van der Waals surface area contributed by atoms with Crippen molar-refractivity contribution in [2.45, 2.75) is 26.1 Å². The van der Waals surface area contributed by atoms with Crippen LogP contribution in [0, 0.1) is 5.92 Å². The van der Waals surface area contributed by atoms with E-state index in [2.05, 4.69) is 15.3 Å². The average molecular weight is 414 g/mol. The number of carbonyl (C=O) groups excluding carboxylic acids is 1. The predicted molar refractivity (Wildman–Crippen MR) is 115 cm³/mol. The number of likely N-dealkylation sites (tertiary alicyclic amines) is 1. The molecule has 1 atom stereocenters. The van der Waals surface area contributed by atoms with Crippen LogP contribution < -0.4 is 5.56 Å². The molecule has 1 fully saturated rings. The Labute approximate surface area is 178 Å². The minimum atomic E-state index is -0.0990. The van der Waals surface area contributed by atoms with Crippen LogP contribution >= 0.6 is 0 Å². The van der Waals surface area contributed by atoms with Gasteiger partial charge in [-0.25, -0.2) is 4.98 Å². The molecule has 0 saturated carbocycles. The molecule has 31 heavy (non-hydrogen) atoms. The summed E-state index contributed by atoms with van der Waals surface area (Å²) >= 11 is 0. The third-order valence-electron chi connectivity index (χ3n) is 5.61. The lowest BCUT2D eigenvalue weighted by atomic mass is 10.1. The normalized spacial score (nSPS) is 16.3. The molecule has 1 saturated heterocycles. The molecule has 8 heteroatoms. The second kappa shape index (κ2) is 8.14. The lowest BCUT2D eigenvalue weighted by molar-refractivity contribution is -0.128. The van der Waals surface area contributed by atoms with Crippen molar-refractivity contribution in [1.29, 1.82) is 0 Å². The summed E-state index contributed by atoms with van der Waals surface area (Å²) in [7, 11) is 0. The summed E-state index contributed by atoms with van der Waals surface area (Å²) in [5, 5.41) is 8.99. The van der Waals surface area contributed by atoms with E-state index in [4.69, 9.17) is 0 Å². The fraction of sp³-hybridized carbons (Fsp3) is 0.261. The third-order valence-corrected chi connectivity index (χ3v) is 5.61. The van der Waals surface area contributed by atoms with Gasteiger partial charge in [-0.15, -0.1) is 5.10 Å². The van der Waals surface area contributed by atoms with Crippen molar-refractivity contribution in [2.24, 2.45) is 5.92 Å². The molecule has 1 amide bonds. The maximum absolute atomic E-state index is 12.7. The van der Waals surface area contributed by atoms with Gasteiger partial charge in [-0.1, -0.05) is 47.7 Å². The van der Waals surface area contributed by atoms with Gasteiger partial charge in [0.1, 0.15) is 5.69 Å². The van der Waals surface area contributed by atoms with Gasteiger partial charge in [0.05, 0.1) is 30.0 Å². The van der Waals surface area contributed by atoms with Gasteiger partial charge in [0.15, 0.2) is 0 Å². The first-order valence-corrected chi connectivity index (χ1v) is 10.3. The Morgan fingerprint density at radius 2 is 1.77 bits per heavy atom. The molecular formula is C23H22N6O2. The predicted octanol–water partition coefficient (Wildman–Crippen LogP) is 2.08. The van der Waals surface area contributed by atoms with Gasteiger partial charge in [-0.3, -0.25) is 18.8 Å². The Hall–Kier alpha value is -3.81. The molecule has 0 aliphatic carbocycles. The molecule has 0 radical (unpaired) electrons. The lowest BCUT2D eigenvalue weighted by Gasteiger charge is -2.16. The quantitative estimate of drug-likeness (QED) is 0.482. The number of para-hydroxylation sites is 1. The monoisotopic (exact) mass is 414 g/mol. The van der Waals surface area contributed by atoms with E-state index in [0.717, 1.165) is 5.56 Å². The van der Waals surface area contributed by atoms with Crippen molar-refractivity contribution in [3.63, 3.8) is 0 Å². The smallest absolute Gasteiger partial charge is 0.261 e. The van der Waals surface area contributed by atoms with Gasteiger partial charge in [0.25, 0.3) is 5.56 Å². The molecule has 156 valence electrons. The Balaban J connectivity index is 1.24. The molecule has 4 aromatic rings. The van der Waals surface area contributed by atoms with E-state index in [-0.39, 0.29) is 17.4 Å². The van der Waals surface area contributed by atoms with Crippen LogP contribution in [0.15, 0.2) is 71.9 Å². The van der Waals surface area contributed by atoms with Crippen molar-refractivity contribution in [1.82, 2.24) is 29.4 Å². The highest BCUT2D eigenvalue weighted by Gasteiger charge is 2.30. The number of rotatable bonds is 6. The summed E-state index contributed by atoms with van der Waals surface area (Å²) in [5.74, 6) is 0.360. The number of amides is 1. The van der Waals surface area contributed by atoms with Crippen LogP contribution in [0.3, 0.4) is 0 Å². The minimum Gasteiger partial charge on any atom is -0.338 e. The molecule has 0 bridgehead atoms. The van der Waals surface area contributed by atoms with Gasteiger partial charge in [0, 0.05) is 32.0 Å². The van der Waals surface area contributed by atoms with Crippen molar-refractivity contribution >= 4 is 16.8 Å². The molecule has 1 aliphatic rings. The molecule has 3 heterocycles. The number of benzene rings is 2. The van der Waals surface area contributed by atoms with Crippen LogP contribution in [0.25, 0.3) is 10.9 Å². The number of carbonyl (C=O) groups is 1. The second-order valence-electron chi connectivity index (χ2n) is 7.96. The lowest BCUT2D eigenvalue weighted by Crippen LogP contribution is -2.25. The second-order valence-corrected chi connectivity index (χ2v) is 7.96. The Bertz CT molecular complexity index is 1280. The minimum absolute atomic E-state index is 0.0990. The largest absolute Gasteiger partial charge is 0.338 e. The highest BCUT2D eigenvalue weighted by molar-refractivity contribution is 5.78. The number of hydrogen-bond acceptors (Lipinski definition) is 5. The molecule has 2 aromatic heterocycles. The Morgan fingerprint density at radius 3 is 2.65 bits per heavy atom. The van der Waals surface area contributed by atoms with Crippen LogP contribution in [0.4, 0.5) is 0 Å². The molecule has 2 aromatic carbocycles. The van der Waals surface area contributed by atoms with Crippen LogP contribution in [0.5, 0.6) is 0 Å². The Kier molecular flexibility index (Phi) is 5.03. The highest BCUT2D eigenvalue weighted by Crippen LogP contribution is 2.21. The summed E-state index contributed by atoms with van der Waals surface area (Å²) in [6.45, 7) is 2.27. The van der Waals surface area contributed by atoms with E-state index in [1.165, 1.54) is 4.57 Å². The van der Waals surface area contributed by atoms with Gasteiger partial charge in [-0.2, -0.15) is 0 Å². The zero-order valence-corrected chi connectivity index (χ0v) is 17.0. The van der Waals surface area contributed by atoms with Gasteiger partial charge < -0.3 is 4.90 Å². The first kappa shape index (κ1) is 19.2. The summed E-state index contributed by atoms with van der Waals surface area (Å²) in [4.78, 5) is 31.3. The zero-order chi connectivity index (χ0) is 21.2. The number of aromatic nitrogens is 5. The summed E-state index contributed by atoms with van der Waals surface area (Å²) in [5.41, 5.74) is 2.40. The molecule has 5 rings (SSSR count). The Morgan fingerprint density at radius 1 is 0.968 bits per heavy atom. The highest BCUT2D eigenvalue weighted by atomic mass is 16.2. The molecule has 1 aliphatic heterocycles. The topological polar surface area (TPSA) is 85.9 Å². The number of fused-ring (bicyclic) bond motifs is 1. The van der Waals surface area contributed by atoms with Gasteiger partial charge >= 0.3 is 0 Å². The van der Waals surface area contributed by atoms with Gasteiger partial charge in [0.2, 0.25) is 5.91 Å². The zero-order valence-electron chi connectivity index (χ0n) is 17.0. The maximum Gasteiger partial charge on any atom is 0.261 e. The van der Waals surface area contributed by atoms with Crippen molar-refractivity contribution in [3.8, 4) is 0 Å². The van der Waals surface area contributed by atoms with Crippen molar-refractivity contribution in [3.05, 3.63) is 88.7 Å². The van der Waals surface area contributed by atoms with E-state index in [1.807, 2.05) is 59.6 Å². The standard InChI is InChI=1S/C23H22N6O2/c30-22-10-18(12-27(22)11-17-6-2-1-3-7-17)13-29-15-19(25-26-29)14-28-16-24-21-9-5-4-8-20(21)23(28)31/h1-9,15-16,18H,10-14H2. The van der Waals surface area contributed by atoms with E-state index >= 15 is 0 Å². The van der Waals surface area contributed by atoms with E-state index in [9.17, 15) is 9.59 Å². The first-order valence-electron chi connectivity index (χ1n) is 10.3. The number of hydrogen-bond donors (Lipinski definition) is 0. The van der Waals surface area contributed by atoms with Gasteiger partial charge in [-0.05, 0) is 17.7 Å². The fourth-order valence-corrected chi connectivity index (χ4v) is 4.09. The first-order chi connectivity index (χ1) is 15.2. The van der Waals surface area contributed by atoms with Crippen LogP contribution in [-0.4, -0.2) is 41.9 Å². The van der Waals surface area contributed by atoms with E-state index in [0.29, 0.717) is 49.2 Å². The van der Waals surface area contributed by atoms with Crippen molar-refractivity contribution in [2.75, 3.05) is 6.54 Å². The van der Waals surface area contributed by atoms with Crippen LogP contribution in [-0.2, 0) is 24.4 Å². The summed E-state index contributed by atoms with van der Waals surface area (Å²) < 4.78 is 3.30. The molecule has 0 N–H and O–H groups in total.